The van der Waals surface area contributed by atoms with E-state index in [2.05, 4.69) is 15.9 Å². The summed E-state index contributed by atoms with van der Waals surface area (Å²) in [4.78, 5) is 0. The maximum absolute atomic E-state index is 9.26. The van der Waals surface area contributed by atoms with Gasteiger partial charge in [-0.05, 0) is 24.3 Å². The van der Waals surface area contributed by atoms with Crippen LogP contribution in [0.4, 0.5) is 0 Å². The molecule has 2 N–H and O–H groups in total. The van der Waals surface area contributed by atoms with Gasteiger partial charge < -0.3 is 24.4 Å². The minimum atomic E-state index is -1.02. The van der Waals surface area contributed by atoms with E-state index in [-0.39, 0.29) is 25.9 Å². The van der Waals surface area contributed by atoms with Crippen LogP contribution in [0.3, 0.4) is 0 Å². The Morgan fingerprint density at radius 3 is 2.58 bits per heavy atom. The third-order valence-electron chi connectivity index (χ3n) is 2.91. The number of ether oxygens (including phenoxy) is 3. The monoisotopic (exact) mass is 332 g/mol. The molecule has 0 aliphatic carbocycles. The molecule has 0 amide bonds. The van der Waals surface area contributed by atoms with Crippen molar-refractivity contribution in [3.8, 4) is 5.75 Å². The van der Waals surface area contributed by atoms with Crippen LogP contribution < -0.4 is 4.74 Å². The number of benzene rings is 1. The first-order chi connectivity index (χ1) is 9.17. The Kier molecular flexibility index (Phi) is 5.18. The molecule has 1 aromatic carbocycles. The van der Waals surface area contributed by atoms with Crippen molar-refractivity contribution in [1.82, 2.24) is 0 Å². The predicted octanol–water partition coefficient (Wildman–Crippen LogP) is 0.967. The molecule has 19 heavy (non-hydrogen) atoms. The molecule has 6 heteroatoms. The van der Waals surface area contributed by atoms with E-state index in [0.717, 1.165) is 10.2 Å². The Hall–Kier alpha value is -0.660. The first-order valence-corrected chi connectivity index (χ1v) is 6.82. The van der Waals surface area contributed by atoms with Crippen LogP contribution in [0.25, 0.3) is 0 Å². The quantitative estimate of drug-likeness (QED) is 0.840. The largest absolute Gasteiger partial charge is 0.491 e. The summed E-state index contributed by atoms with van der Waals surface area (Å²) in [5.41, 5.74) is -1.02. The maximum atomic E-state index is 9.26. The van der Waals surface area contributed by atoms with Crippen LogP contribution in [0, 0.1) is 0 Å². The molecule has 1 aromatic rings. The van der Waals surface area contributed by atoms with E-state index in [9.17, 15) is 10.2 Å². The Morgan fingerprint density at radius 2 is 1.95 bits per heavy atom. The Bertz CT molecular complexity index is 391. The van der Waals surface area contributed by atoms with Crippen molar-refractivity contribution < 1.29 is 24.4 Å². The summed E-state index contributed by atoms with van der Waals surface area (Å²) in [6, 6.07) is 7.47. The first-order valence-electron chi connectivity index (χ1n) is 6.03. The van der Waals surface area contributed by atoms with Crippen molar-refractivity contribution in [1.29, 1.82) is 0 Å². The van der Waals surface area contributed by atoms with E-state index in [1.165, 1.54) is 0 Å². The molecule has 1 heterocycles. The smallest absolute Gasteiger partial charge is 0.138 e. The number of halogens is 1. The fraction of sp³-hybridized carbons (Fsp3) is 0.538. The van der Waals surface area contributed by atoms with Crippen LogP contribution in [-0.2, 0) is 9.47 Å². The summed E-state index contributed by atoms with van der Waals surface area (Å²) in [5.74, 6) is 0.732. The molecule has 106 valence electrons. The average molecular weight is 333 g/mol. The minimum Gasteiger partial charge on any atom is -0.491 e. The maximum Gasteiger partial charge on any atom is 0.138 e. The van der Waals surface area contributed by atoms with Gasteiger partial charge in [-0.3, -0.25) is 0 Å². The summed E-state index contributed by atoms with van der Waals surface area (Å²) in [7, 11) is 0. The zero-order chi connectivity index (χ0) is 13.7. The highest BCUT2D eigenvalue weighted by Gasteiger charge is 2.37. The second-order valence-corrected chi connectivity index (χ2v) is 5.43. The van der Waals surface area contributed by atoms with E-state index < -0.39 is 5.60 Å². The molecule has 1 aliphatic rings. The van der Waals surface area contributed by atoms with Gasteiger partial charge >= 0.3 is 0 Å². The fourth-order valence-corrected chi connectivity index (χ4v) is 2.08. The highest BCUT2D eigenvalue weighted by Crippen LogP contribution is 2.21. The van der Waals surface area contributed by atoms with Crippen molar-refractivity contribution in [2.45, 2.75) is 11.7 Å². The third-order valence-corrected chi connectivity index (χ3v) is 3.44. The lowest BCUT2D eigenvalue weighted by molar-refractivity contribution is -0.231. The van der Waals surface area contributed by atoms with Crippen molar-refractivity contribution in [2.24, 2.45) is 0 Å². The zero-order valence-corrected chi connectivity index (χ0v) is 12.0. The van der Waals surface area contributed by atoms with Gasteiger partial charge in [-0.1, -0.05) is 15.9 Å². The molecule has 1 fully saturated rings. The summed E-state index contributed by atoms with van der Waals surface area (Å²) in [5, 5.41) is 18.5. The van der Waals surface area contributed by atoms with Gasteiger partial charge in [0.1, 0.15) is 24.1 Å². The molecule has 1 saturated heterocycles. The van der Waals surface area contributed by atoms with Gasteiger partial charge in [-0.2, -0.15) is 0 Å². The van der Waals surface area contributed by atoms with E-state index in [0.29, 0.717) is 13.2 Å². The minimum absolute atomic E-state index is 0.189. The van der Waals surface area contributed by atoms with Gasteiger partial charge in [0.2, 0.25) is 0 Å². The first kappa shape index (κ1) is 14.7. The molecule has 2 rings (SSSR count). The van der Waals surface area contributed by atoms with E-state index >= 15 is 0 Å². The summed E-state index contributed by atoms with van der Waals surface area (Å²) >= 11 is 3.35. The van der Waals surface area contributed by atoms with Crippen LogP contribution in [0.5, 0.6) is 5.75 Å². The highest BCUT2D eigenvalue weighted by atomic mass is 79.9. The van der Waals surface area contributed by atoms with Gasteiger partial charge in [-0.25, -0.2) is 0 Å². The van der Waals surface area contributed by atoms with Crippen LogP contribution in [0.2, 0.25) is 0 Å². The number of hydrogen-bond donors (Lipinski definition) is 2. The van der Waals surface area contributed by atoms with E-state index in [1.54, 1.807) is 0 Å². The van der Waals surface area contributed by atoms with E-state index in [4.69, 9.17) is 14.2 Å². The second kappa shape index (κ2) is 6.67. The van der Waals surface area contributed by atoms with Crippen LogP contribution >= 0.6 is 15.9 Å². The molecule has 1 aliphatic heterocycles. The summed E-state index contributed by atoms with van der Waals surface area (Å²) in [6.07, 6.45) is -0.309. The topological polar surface area (TPSA) is 68.2 Å². The van der Waals surface area contributed by atoms with Gasteiger partial charge in [0.05, 0.1) is 26.4 Å². The predicted molar refractivity (Wildman–Crippen MR) is 72.2 cm³/mol. The molecule has 0 unspecified atom stereocenters. The number of rotatable bonds is 5. The van der Waals surface area contributed by atoms with Gasteiger partial charge in [0.15, 0.2) is 0 Å². The second-order valence-electron chi connectivity index (χ2n) is 4.52. The Morgan fingerprint density at radius 1 is 1.26 bits per heavy atom. The number of hydrogen-bond acceptors (Lipinski definition) is 5. The van der Waals surface area contributed by atoms with E-state index in [1.807, 2.05) is 24.3 Å². The van der Waals surface area contributed by atoms with Crippen LogP contribution in [0.1, 0.15) is 0 Å². The van der Waals surface area contributed by atoms with Crippen LogP contribution in [-0.4, -0.2) is 55.0 Å². The molecule has 5 nitrogen and oxygen atoms in total. The summed E-state index contributed by atoms with van der Waals surface area (Å²) < 4.78 is 17.6. The van der Waals surface area contributed by atoms with Gasteiger partial charge in [-0.15, -0.1) is 0 Å². The number of aliphatic hydroxyl groups is 2. The highest BCUT2D eigenvalue weighted by molar-refractivity contribution is 9.10. The van der Waals surface area contributed by atoms with Crippen molar-refractivity contribution in [3.63, 3.8) is 0 Å². The molecule has 0 saturated carbocycles. The molecule has 0 bridgehead atoms. The van der Waals surface area contributed by atoms with Crippen molar-refractivity contribution in [2.75, 3.05) is 33.0 Å². The Labute approximate surface area is 120 Å². The molecule has 0 aromatic heterocycles. The average Bonchev–Trinajstić information content (AvgIpc) is 2.47. The van der Waals surface area contributed by atoms with Gasteiger partial charge in [0, 0.05) is 4.47 Å². The van der Waals surface area contributed by atoms with Crippen molar-refractivity contribution >= 4 is 15.9 Å². The van der Waals surface area contributed by atoms with Crippen molar-refractivity contribution in [3.05, 3.63) is 28.7 Å². The SMILES string of the molecule is OCC1(CO)COC[C@@H](COc2ccc(Br)cc2)O1. The van der Waals surface area contributed by atoms with Gasteiger partial charge in [0.25, 0.3) is 0 Å². The molecular weight excluding hydrogens is 316 g/mol. The van der Waals surface area contributed by atoms with Crippen LogP contribution in [0.15, 0.2) is 28.7 Å². The normalized spacial score (nSPS) is 22.2. The Balaban J connectivity index is 1.87. The molecule has 0 radical (unpaired) electrons. The molecule has 0 spiro atoms. The fourth-order valence-electron chi connectivity index (χ4n) is 1.82. The molecular formula is C13H17BrO5. The molecule has 1 atom stereocenters. The zero-order valence-electron chi connectivity index (χ0n) is 10.4. The third kappa shape index (κ3) is 3.90. The number of aliphatic hydroxyl groups excluding tert-OH is 2. The lowest BCUT2D eigenvalue weighted by Gasteiger charge is -2.38. The standard InChI is InChI=1S/C13H17BrO5/c14-10-1-3-11(4-2-10)18-6-12-5-17-9-13(7-15,8-16)19-12/h1-4,12,15-16H,5-9H2/t12-/m0/s1. The lowest BCUT2D eigenvalue weighted by Crippen LogP contribution is -2.54. The summed E-state index contributed by atoms with van der Waals surface area (Å²) in [6.45, 7) is 0.326. The lowest BCUT2D eigenvalue weighted by atomic mass is 10.1.